The lowest BCUT2D eigenvalue weighted by Gasteiger charge is -2.24. The van der Waals surface area contributed by atoms with Crippen LogP contribution < -0.4 is 21.4 Å². The molecule has 5 N–H and O–H groups in total. The van der Waals surface area contributed by atoms with Crippen LogP contribution in [-0.4, -0.2) is 40.8 Å². The van der Waals surface area contributed by atoms with E-state index in [0.29, 0.717) is 12.3 Å². The Morgan fingerprint density at radius 1 is 1.10 bits per heavy atom. The number of carbonyl (C=O) groups is 1. The normalized spacial score (nSPS) is 15.9. The molecule has 0 aliphatic carbocycles. The summed E-state index contributed by atoms with van der Waals surface area (Å²) in [6, 6.07) is 13.8. The summed E-state index contributed by atoms with van der Waals surface area (Å²) >= 11 is 0. The third-order valence-electron chi connectivity index (χ3n) is 4.72. The summed E-state index contributed by atoms with van der Waals surface area (Å²) in [5.41, 5.74) is 4.15. The van der Waals surface area contributed by atoms with E-state index in [-0.39, 0.29) is 23.4 Å². The number of hydrogen-bond donors (Lipinski definition) is 5. The van der Waals surface area contributed by atoms with E-state index in [1.165, 1.54) is 12.1 Å². The SMILES string of the molecule is O=C(NO)c1ccc(Nc2nc(Nc3ccc(C4CNCCO4)cc3)ncc2F)cc1. The Morgan fingerprint density at radius 2 is 1.81 bits per heavy atom. The molecular weight excluding hydrogens is 403 g/mol. The molecular formula is C21H21FN6O3. The summed E-state index contributed by atoms with van der Waals surface area (Å²) in [6.45, 7) is 2.31. The minimum atomic E-state index is -0.636. The molecule has 1 fully saturated rings. The van der Waals surface area contributed by atoms with E-state index in [0.717, 1.165) is 30.5 Å². The van der Waals surface area contributed by atoms with Gasteiger partial charge < -0.3 is 20.7 Å². The molecule has 31 heavy (non-hydrogen) atoms. The highest BCUT2D eigenvalue weighted by Gasteiger charge is 2.15. The van der Waals surface area contributed by atoms with Crippen molar-refractivity contribution in [3.63, 3.8) is 0 Å². The maximum absolute atomic E-state index is 14.2. The average Bonchev–Trinajstić information content (AvgIpc) is 2.82. The lowest BCUT2D eigenvalue weighted by atomic mass is 10.1. The molecule has 1 aliphatic heterocycles. The van der Waals surface area contributed by atoms with Crippen LogP contribution in [0.4, 0.5) is 27.5 Å². The first-order valence-electron chi connectivity index (χ1n) is 9.66. The van der Waals surface area contributed by atoms with Gasteiger partial charge in [0.25, 0.3) is 5.91 Å². The molecule has 1 atom stereocenters. The van der Waals surface area contributed by atoms with Crippen molar-refractivity contribution >= 4 is 29.0 Å². The Labute approximate surface area is 177 Å². The summed E-state index contributed by atoms with van der Waals surface area (Å²) in [6.07, 6.45) is 1.09. The number of nitrogens with zero attached hydrogens (tertiary/aromatic N) is 2. The molecule has 3 aromatic rings. The maximum Gasteiger partial charge on any atom is 0.274 e. The number of aromatic nitrogens is 2. The van der Waals surface area contributed by atoms with Gasteiger partial charge in [0.1, 0.15) is 0 Å². The first-order chi connectivity index (χ1) is 15.1. The van der Waals surface area contributed by atoms with E-state index in [1.807, 2.05) is 24.3 Å². The highest BCUT2D eigenvalue weighted by molar-refractivity contribution is 5.93. The topological polar surface area (TPSA) is 120 Å². The molecule has 4 rings (SSSR count). The van der Waals surface area contributed by atoms with Crippen LogP contribution in [0.25, 0.3) is 0 Å². The minimum absolute atomic E-state index is 0.0184. The van der Waals surface area contributed by atoms with Crippen LogP contribution in [0.5, 0.6) is 0 Å². The quantitative estimate of drug-likeness (QED) is 0.303. The van der Waals surface area contributed by atoms with Crippen LogP contribution in [0.3, 0.4) is 0 Å². The molecule has 0 saturated carbocycles. The minimum Gasteiger partial charge on any atom is -0.371 e. The van der Waals surface area contributed by atoms with Gasteiger partial charge in [-0.1, -0.05) is 12.1 Å². The van der Waals surface area contributed by atoms with Crippen LogP contribution in [-0.2, 0) is 4.74 Å². The van der Waals surface area contributed by atoms with Crippen molar-refractivity contribution in [2.45, 2.75) is 6.10 Å². The Balaban J connectivity index is 1.44. The molecule has 9 nitrogen and oxygen atoms in total. The summed E-state index contributed by atoms with van der Waals surface area (Å²) in [5, 5.41) is 17.9. The monoisotopic (exact) mass is 424 g/mol. The highest BCUT2D eigenvalue weighted by Crippen LogP contribution is 2.23. The Hall–Kier alpha value is -3.60. The lowest BCUT2D eigenvalue weighted by molar-refractivity contribution is 0.0277. The van der Waals surface area contributed by atoms with Gasteiger partial charge in [-0.25, -0.2) is 14.9 Å². The number of morpholine rings is 1. The summed E-state index contributed by atoms with van der Waals surface area (Å²) in [4.78, 5) is 19.6. The fourth-order valence-corrected chi connectivity index (χ4v) is 3.11. The van der Waals surface area contributed by atoms with E-state index < -0.39 is 11.7 Å². The number of ether oxygens (including phenoxy) is 1. The van der Waals surface area contributed by atoms with E-state index >= 15 is 0 Å². The molecule has 10 heteroatoms. The standard InChI is InChI=1S/C21H21FN6O3/c22-17-11-24-21(26-16-5-1-13(2-6-16)18-12-23-9-10-31-18)27-19(17)25-15-7-3-14(4-8-15)20(29)28-30/h1-8,11,18,23,30H,9-10,12H2,(H,28,29)(H2,24,25,26,27). The van der Waals surface area contributed by atoms with Gasteiger partial charge in [0.15, 0.2) is 11.6 Å². The number of anilines is 4. The zero-order valence-electron chi connectivity index (χ0n) is 16.4. The summed E-state index contributed by atoms with van der Waals surface area (Å²) in [7, 11) is 0. The lowest BCUT2D eigenvalue weighted by Crippen LogP contribution is -2.33. The van der Waals surface area contributed by atoms with Crippen molar-refractivity contribution in [2.24, 2.45) is 0 Å². The van der Waals surface area contributed by atoms with Crippen molar-refractivity contribution in [3.05, 3.63) is 71.7 Å². The average molecular weight is 424 g/mol. The number of rotatable bonds is 6. The Bertz CT molecular complexity index is 1040. The fraction of sp³-hybridized carbons (Fsp3) is 0.190. The Kier molecular flexibility index (Phi) is 6.32. The molecule has 1 saturated heterocycles. The van der Waals surface area contributed by atoms with Crippen molar-refractivity contribution < 1.29 is 19.1 Å². The molecule has 2 aromatic carbocycles. The van der Waals surface area contributed by atoms with Gasteiger partial charge in [0.2, 0.25) is 5.95 Å². The molecule has 160 valence electrons. The van der Waals surface area contributed by atoms with Crippen LogP contribution in [0.1, 0.15) is 22.0 Å². The first-order valence-corrected chi connectivity index (χ1v) is 9.66. The number of amides is 1. The number of hydroxylamine groups is 1. The summed E-state index contributed by atoms with van der Waals surface area (Å²) in [5.74, 6) is -1.05. The second-order valence-corrected chi connectivity index (χ2v) is 6.84. The van der Waals surface area contributed by atoms with E-state index in [1.54, 1.807) is 17.6 Å². The predicted molar refractivity (Wildman–Crippen MR) is 112 cm³/mol. The van der Waals surface area contributed by atoms with Crippen LogP contribution in [0.15, 0.2) is 54.7 Å². The van der Waals surface area contributed by atoms with Crippen LogP contribution in [0, 0.1) is 5.82 Å². The largest absolute Gasteiger partial charge is 0.371 e. The molecule has 0 spiro atoms. The molecule has 1 aliphatic rings. The van der Waals surface area contributed by atoms with Gasteiger partial charge in [-0.3, -0.25) is 10.0 Å². The van der Waals surface area contributed by atoms with Crippen molar-refractivity contribution in [1.82, 2.24) is 20.8 Å². The molecule has 0 radical (unpaired) electrons. The molecule has 1 unspecified atom stereocenters. The number of benzene rings is 2. The third-order valence-corrected chi connectivity index (χ3v) is 4.72. The Morgan fingerprint density at radius 3 is 2.48 bits per heavy atom. The second kappa shape index (κ2) is 9.47. The summed E-state index contributed by atoms with van der Waals surface area (Å²) < 4.78 is 19.9. The van der Waals surface area contributed by atoms with Crippen molar-refractivity contribution in [1.29, 1.82) is 0 Å². The molecule has 0 bridgehead atoms. The fourth-order valence-electron chi connectivity index (χ4n) is 3.11. The van der Waals surface area contributed by atoms with Crippen molar-refractivity contribution in [2.75, 3.05) is 30.3 Å². The maximum atomic E-state index is 14.2. The zero-order chi connectivity index (χ0) is 21.6. The number of halogens is 1. The van der Waals surface area contributed by atoms with Gasteiger partial charge in [-0.2, -0.15) is 4.98 Å². The van der Waals surface area contributed by atoms with E-state index in [4.69, 9.17) is 9.94 Å². The first kappa shape index (κ1) is 20.7. The van der Waals surface area contributed by atoms with Crippen molar-refractivity contribution in [3.8, 4) is 0 Å². The van der Waals surface area contributed by atoms with Gasteiger partial charge in [0.05, 0.1) is 18.9 Å². The van der Waals surface area contributed by atoms with Gasteiger partial charge >= 0.3 is 0 Å². The number of carbonyl (C=O) groups excluding carboxylic acids is 1. The predicted octanol–water partition coefficient (Wildman–Crippen LogP) is 2.88. The highest BCUT2D eigenvalue weighted by atomic mass is 19.1. The zero-order valence-corrected chi connectivity index (χ0v) is 16.4. The van der Waals surface area contributed by atoms with Gasteiger partial charge in [0, 0.05) is 30.0 Å². The van der Waals surface area contributed by atoms with E-state index in [9.17, 15) is 9.18 Å². The molecule has 1 amide bonds. The molecule has 2 heterocycles. The van der Waals surface area contributed by atoms with Gasteiger partial charge in [-0.05, 0) is 42.0 Å². The van der Waals surface area contributed by atoms with Gasteiger partial charge in [-0.15, -0.1) is 0 Å². The molecule has 1 aromatic heterocycles. The van der Waals surface area contributed by atoms with Crippen LogP contribution >= 0.6 is 0 Å². The van der Waals surface area contributed by atoms with E-state index in [2.05, 4.69) is 25.9 Å². The smallest absolute Gasteiger partial charge is 0.274 e. The number of hydrogen-bond acceptors (Lipinski definition) is 8. The third kappa shape index (κ3) is 5.12. The number of nitrogens with one attached hydrogen (secondary N) is 4. The van der Waals surface area contributed by atoms with Crippen LogP contribution in [0.2, 0.25) is 0 Å². The second-order valence-electron chi connectivity index (χ2n) is 6.84.